The zero-order chi connectivity index (χ0) is 45.2. The fraction of sp³-hybridized carbons (Fsp3) is 0.750. The first-order valence-electron chi connectivity index (χ1n) is 18.4. The van der Waals surface area contributed by atoms with E-state index in [-0.39, 0.29) is 0 Å². The molecule has 0 bridgehead atoms. The maximum Gasteiger partial charge on any atom is 0.303 e. The van der Waals surface area contributed by atoms with Gasteiger partial charge in [-0.3, -0.25) is 43.2 Å². The molecule has 0 radical (unpaired) electrons. The topological polar surface area (TPSA) is 303 Å². The zero-order valence-corrected chi connectivity index (χ0v) is 34.4. The van der Waals surface area contributed by atoms with E-state index < -0.39 is 159 Å². The number of esters is 9. The van der Waals surface area contributed by atoms with Crippen molar-refractivity contribution in [2.75, 3.05) is 13.2 Å². The van der Waals surface area contributed by atoms with Crippen molar-refractivity contribution in [1.29, 1.82) is 0 Å². The standard InChI is InChI=1S/C36H50O24/c1-13-25(50-15(3)38)28(53-18(6)41)33(57-22(10)45)36(49-13)60-32-30(55-20(8)43)27(52-17(5)40)24(11-47-14(2)37)59-35(32)48-12-23-26(51-16(4)39)29(54-19(7)42)31(34(46)58-23)56-21(9)44/h13,23-36,46H,11-12H2,1-10H3/t13-,23+,24+,25+,26+,27-,28+,29-,30-,31+,32+,33-,34+,35+,36-/m0/s1. The Morgan fingerprint density at radius 1 is 0.400 bits per heavy atom. The van der Waals surface area contributed by atoms with Crippen molar-refractivity contribution in [2.45, 2.75) is 161 Å². The van der Waals surface area contributed by atoms with Crippen LogP contribution < -0.4 is 0 Å². The molecule has 3 aliphatic heterocycles. The molecule has 1 N–H and O–H groups in total. The molecule has 0 unspecified atom stereocenters. The van der Waals surface area contributed by atoms with Crippen molar-refractivity contribution in [3.05, 3.63) is 0 Å². The van der Waals surface area contributed by atoms with Crippen molar-refractivity contribution in [3.8, 4) is 0 Å². The van der Waals surface area contributed by atoms with Gasteiger partial charge in [0.15, 0.2) is 73.8 Å². The molecule has 3 saturated heterocycles. The molecule has 0 amide bonds. The fourth-order valence-electron chi connectivity index (χ4n) is 6.58. The van der Waals surface area contributed by atoms with Gasteiger partial charge in [0.05, 0.1) is 12.7 Å². The summed E-state index contributed by atoms with van der Waals surface area (Å²) in [6.07, 6.45) is -24.9. The molecule has 0 aromatic heterocycles. The van der Waals surface area contributed by atoms with Gasteiger partial charge in [-0.1, -0.05) is 0 Å². The number of aliphatic hydroxyl groups is 1. The Hall–Kier alpha value is -5.01. The summed E-state index contributed by atoms with van der Waals surface area (Å²) in [6, 6.07) is 0. The normalized spacial score (nSPS) is 33.8. The number of ether oxygens (including phenoxy) is 14. The van der Waals surface area contributed by atoms with E-state index in [0.29, 0.717) is 0 Å². The number of rotatable bonds is 15. The highest BCUT2D eigenvalue weighted by molar-refractivity contribution is 5.70. The van der Waals surface area contributed by atoms with Gasteiger partial charge in [-0.25, -0.2) is 0 Å². The average Bonchev–Trinajstić information content (AvgIpc) is 3.09. The largest absolute Gasteiger partial charge is 0.463 e. The lowest BCUT2D eigenvalue weighted by molar-refractivity contribution is -0.371. The van der Waals surface area contributed by atoms with Gasteiger partial charge in [0.1, 0.15) is 18.8 Å². The molecule has 15 atom stereocenters. The Bertz CT molecular complexity index is 1600. The van der Waals surface area contributed by atoms with E-state index in [4.69, 9.17) is 66.3 Å². The first-order chi connectivity index (χ1) is 28.0. The van der Waals surface area contributed by atoms with Crippen LogP contribution in [0.15, 0.2) is 0 Å². The van der Waals surface area contributed by atoms with Crippen LogP contribution in [0.1, 0.15) is 69.2 Å². The lowest BCUT2D eigenvalue weighted by atomic mass is 9.96. The van der Waals surface area contributed by atoms with Gasteiger partial charge < -0.3 is 71.4 Å². The summed E-state index contributed by atoms with van der Waals surface area (Å²) in [5, 5.41) is 10.9. The summed E-state index contributed by atoms with van der Waals surface area (Å²) < 4.78 is 78.6. The minimum Gasteiger partial charge on any atom is -0.463 e. The predicted octanol–water partition coefficient (Wildman–Crippen LogP) is -1.41. The molecule has 3 rings (SSSR count). The van der Waals surface area contributed by atoms with Crippen LogP contribution in [0.4, 0.5) is 0 Å². The molecule has 0 saturated carbocycles. The quantitative estimate of drug-likeness (QED) is 0.146. The van der Waals surface area contributed by atoms with Gasteiger partial charge in [-0.05, 0) is 6.92 Å². The highest BCUT2D eigenvalue weighted by Crippen LogP contribution is 2.36. The second kappa shape index (κ2) is 22.0. The summed E-state index contributed by atoms with van der Waals surface area (Å²) in [5.41, 5.74) is 0. The molecule has 3 aliphatic rings. The number of hydrogen-bond acceptors (Lipinski definition) is 24. The Morgan fingerprint density at radius 3 is 1.22 bits per heavy atom. The van der Waals surface area contributed by atoms with E-state index in [1.54, 1.807) is 0 Å². The molecule has 60 heavy (non-hydrogen) atoms. The lowest BCUT2D eigenvalue weighted by Gasteiger charge is -2.48. The van der Waals surface area contributed by atoms with Crippen molar-refractivity contribution in [3.63, 3.8) is 0 Å². The third-order valence-electron chi connectivity index (χ3n) is 8.51. The summed E-state index contributed by atoms with van der Waals surface area (Å²) in [4.78, 5) is 110. The van der Waals surface area contributed by atoms with Gasteiger partial charge in [0, 0.05) is 62.3 Å². The molecule has 0 spiro atoms. The van der Waals surface area contributed by atoms with Crippen LogP contribution in [0, 0.1) is 0 Å². The molecular weight excluding hydrogens is 816 g/mol. The highest BCUT2D eigenvalue weighted by atomic mass is 16.8. The minimum atomic E-state index is -2.01. The lowest BCUT2D eigenvalue weighted by Crippen LogP contribution is -2.67. The van der Waals surface area contributed by atoms with E-state index in [9.17, 15) is 48.3 Å². The third-order valence-corrected chi connectivity index (χ3v) is 8.51. The van der Waals surface area contributed by atoms with Crippen molar-refractivity contribution in [1.82, 2.24) is 0 Å². The molecule has 0 aromatic carbocycles. The smallest absolute Gasteiger partial charge is 0.303 e. The van der Waals surface area contributed by atoms with Gasteiger partial charge >= 0.3 is 53.7 Å². The SMILES string of the molecule is CC(=O)OC[C@H]1O[C@@H](OC[C@H]2O[C@@H](O)[C@H](OC(C)=O)[C@@H](OC(C)=O)[C@@H]2OC(C)=O)[C@H](O[C@@H]2O[C@@H](C)[C@@H](OC(C)=O)[C@@H](OC(C)=O)[C@@H]2OC(C)=O)[C@@H](OC(C)=O)[C@H]1OC(C)=O. The van der Waals surface area contributed by atoms with Gasteiger partial charge in [0.25, 0.3) is 0 Å². The van der Waals surface area contributed by atoms with Crippen LogP contribution in [0.3, 0.4) is 0 Å². The van der Waals surface area contributed by atoms with Crippen molar-refractivity contribution in [2.24, 2.45) is 0 Å². The Morgan fingerprint density at radius 2 is 0.767 bits per heavy atom. The van der Waals surface area contributed by atoms with E-state index in [1.807, 2.05) is 0 Å². The van der Waals surface area contributed by atoms with Crippen LogP contribution in [0.25, 0.3) is 0 Å². The van der Waals surface area contributed by atoms with E-state index >= 15 is 0 Å². The maximum atomic E-state index is 12.7. The first-order valence-corrected chi connectivity index (χ1v) is 18.4. The maximum absolute atomic E-state index is 12.7. The van der Waals surface area contributed by atoms with Gasteiger partial charge in [-0.15, -0.1) is 0 Å². The predicted molar refractivity (Wildman–Crippen MR) is 186 cm³/mol. The van der Waals surface area contributed by atoms with Crippen LogP contribution >= 0.6 is 0 Å². The Kier molecular flexibility index (Phi) is 18.1. The summed E-state index contributed by atoms with van der Waals surface area (Å²) >= 11 is 0. The number of carbonyl (C=O) groups is 9. The van der Waals surface area contributed by atoms with Crippen LogP contribution in [0.2, 0.25) is 0 Å². The molecule has 0 aromatic rings. The van der Waals surface area contributed by atoms with Crippen molar-refractivity contribution >= 4 is 53.7 Å². The molecule has 24 nitrogen and oxygen atoms in total. The fourth-order valence-corrected chi connectivity index (χ4v) is 6.58. The number of carbonyl (C=O) groups excluding carboxylic acids is 9. The summed E-state index contributed by atoms with van der Waals surface area (Å²) in [7, 11) is 0. The summed E-state index contributed by atoms with van der Waals surface area (Å²) in [6.45, 7) is 9.14. The Labute approximate surface area is 342 Å². The van der Waals surface area contributed by atoms with Gasteiger partial charge in [0.2, 0.25) is 0 Å². The second-order valence-electron chi connectivity index (χ2n) is 13.6. The van der Waals surface area contributed by atoms with E-state index in [2.05, 4.69) is 0 Å². The van der Waals surface area contributed by atoms with Crippen LogP contribution in [0.5, 0.6) is 0 Å². The zero-order valence-electron chi connectivity index (χ0n) is 34.4. The number of hydrogen-bond donors (Lipinski definition) is 1. The van der Waals surface area contributed by atoms with Crippen molar-refractivity contribution < 1.29 is 115 Å². The molecule has 24 heteroatoms. The molecule has 0 aliphatic carbocycles. The second-order valence-corrected chi connectivity index (χ2v) is 13.6. The molecule has 3 fully saturated rings. The monoisotopic (exact) mass is 866 g/mol. The molecular formula is C36H50O24. The minimum absolute atomic E-state index is 0.642. The first kappa shape index (κ1) is 49.4. The molecule has 3 heterocycles. The summed E-state index contributed by atoms with van der Waals surface area (Å²) in [5.74, 6) is -8.18. The van der Waals surface area contributed by atoms with E-state index in [0.717, 1.165) is 62.3 Å². The third kappa shape index (κ3) is 14.0. The van der Waals surface area contributed by atoms with Gasteiger partial charge in [-0.2, -0.15) is 0 Å². The number of aliphatic hydroxyl groups excluding tert-OH is 1. The van der Waals surface area contributed by atoms with E-state index in [1.165, 1.54) is 6.92 Å². The highest BCUT2D eigenvalue weighted by Gasteiger charge is 2.58. The molecule has 338 valence electrons. The van der Waals surface area contributed by atoms with Crippen LogP contribution in [-0.4, -0.2) is 164 Å². The van der Waals surface area contributed by atoms with Crippen LogP contribution in [-0.2, 0) is 109 Å². The Balaban J connectivity index is 2.19. The average molecular weight is 867 g/mol.